The van der Waals surface area contributed by atoms with Crippen molar-refractivity contribution in [1.82, 2.24) is 9.97 Å². The maximum atomic E-state index is 5.55. The maximum absolute atomic E-state index is 5.55. The summed E-state index contributed by atoms with van der Waals surface area (Å²) < 4.78 is 5.19. The zero-order valence-corrected chi connectivity index (χ0v) is 12.9. The van der Waals surface area contributed by atoms with Gasteiger partial charge in [0.15, 0.2) is 5.82 Å². The van der Waals surface area contributed by atoms with Gasteiger partial charge in [0.2, 0.25) is 0 Å². The SMILES string of the molecule is COc1ccc(-c2ncc(NCCCN)c(C3CC3)n2)cc1. The minimum atomic E-state index is 0.570. The van der Waals surface area contributed by atoms with Crippen molar-refractivity contribution in [3.05, 3.63) is 36.2 Å². The molecule has 5 heteroatoms. The highest BCUT2D eigenvalue weighted by molar-refractivity contribution is 5.60. The number of ether oxygens (including phenoxy) is 1. The number of methoxy groups -OCH3 is 1. The lowest BCUT2D eigenvalue weighted by atomic mass is 10.1. The Morgan fingerprint density at radius 2 is 2.05 bits per heavy atom. The predicted octanol–water partition coefficient (Wildman–Crippen LogP) is 2.79. The van der Waals surface area contributed by atoms with Gasteiger partial charge in [-0.15, -0.1) is 0 Å². The topological polar surface area (TPSA) is 73.1 Å². The molecule has 0 aliphatic heterocycles. The molecule has 0 spiro atoms. The molecule has 0 radical (unpaired) electrons. The smallest absolute Gasteiger partial charge is 0.159 e. The fraction of sp³-hybridized carbons (Fsp3) is 0.412. The molecule has 1 saturated carbocycles. The molecule has 0 atom stereocenters. The molecule has 1 heterocycles. The van der Waals surface area contributed by atoms with Gasteiger partial charge in [-0.25, -0.2) is 9.97 Å². The average Bonchev–Trinajstić information content (AvgIpc) is 3.40. The van der Waals surface area contributed by atoms with Crippen LogP contribution in [0, 0.1) is 0 Å². The third-order valence-corrected chi connectivity index (χ3v) is 3.83. The molecule has 1 aromatic heterocycles. The number of benzene rings is 1. The lowest BCUT2D eigenvalue weighted by Gasteiger charge is -2.12. The Morgan fingerprint density at radius 1 is 1.27 bits per heavy atom. The lowest BCUT2D eigenvalue weighted by Crippen LogP contribution is -2.11. The summed E-state index contributed by atoms with van der Waals surface area (Å²) in [5.74, 6) is 2.18. The summed E-state index contributed by atoms with van der Waals surface area (Å²) >= 11 is 0. The van der Waals surface area contributed by atoms with E-state index in [-0.39, 0.29) is 0 Å². The van der Waals surface area contributed by atoms with Crippen LogP contribution in [-0.2, 0) is 0 Å². The second-order valence-electron chi connectivity index (χ2n) is 5.56. The fourth-order valence-corrected chi connectivity index (χ4v) is 2.40. The van der Waals surface area contributed by atoms with Crippen molar-refractivity contribution >= 4 is 5.69 Å². The molecule has 1 aliphatic rings. The van der Waals surface area contributed by atoms with Crippen LogP contribution in [0.1, 0.15) is 30.9 Å². The highest BCUT2D eigenvalue weighted by Gasteiger charge is 2.28. The van der Waals surface area contributed by atoms with Crippen LogP contribution in [-0.4, -0.2) is 30.2 Å². The number of aromatic nitrogens is 2. The number of anilines is 1. The van der Waals surface area contributed by atoms with Crippen molar-refractivity contribution in [3.8, 4) is 17.1 Å². The van der Waals surface area contributed by atoms with Crippen molar-refractivity contribution in [3.63, 3.8) is 0 Å². The van der Waals surface area contributed by atoms with E-state index in [0.717, 1.165) is 41.5 Å². The Labute approximate surface area is 130 Å². The molecule has 5 nitrogen and oxygen atoms in total. The predicted molar refractivity (Wildman–Crippen MR) is 88.2 cm³/mol. The first kappa shape index (κ1) is 14.8. The van der Waals surface area contributed by atoms with Crippen LogP contribution in [0.15, 0.2) is 30.5 Å². The summed E-state index contributed by atoms with van der Waals surface area (Å²) in [6.45, 7) is 1.55. The molecule has 116 valence electrons. The first-order valence-corrected chi connectivity index (χ1v) is 7.77. The maximum Gasteiger partial charge on any atom is 0.159 e. The molecule has 0 bridgehead atoms. The molecule has 0 unspecified atom stereocenters. The molecule has 3 rings (SSSR count). The summed E-state index contributed by atoms with van der Waals surface area (Å²) in [7, 11) is 1.67. The van der Waals surface area contributed by atoms with Crippen LogP contribution < -0.4 is 15.8 Å². The second-order valence-corrected chi connectivity index (χ2v) is 5.56. The third-order valence-electron chi connectivity index (χ3n) is 3.83. The van der Waals surface area contributed by atoms with E-state index in [9.17, 15) is 0 Å². The van der Waals surface area contributed by atoms with E-state index in [0.29, 0.717) is 12.5 Å². The normalized spacial score (nSPS) is 13.9. The zero-order valence-electron chi connectivity index (χ0n) is 12.9. The van der Waals surface area contributed by atoms with Gasteiger partial charge in [-0.1, -0.05) is 0 Å². The van der Waals surface area contributed by atoms with Crippen LogP contribution in [0.2, 0.25) is 0 Å². The van der Waals surface area contributed by atoms with Crippen molar-refractivity contribution < 1.29 is 4.74 Å². The molecule has 3 N–H and O–H groups in total. The Bertz CT molecular complexity index is 623. The number of hydrogen-bond acceptors (Lipinski definition) is 5. The fourth-order valence-electron chi connectivity index (χ4n) is 2.40. The molecule has 0 saturated heterocycles. The molecule has 1 aliphatic carbocycles. The van der Waals surface area contributed by atoms with Gasteiger partial charge in [0.25, 0.3) is 0 Å². The number of nitrogens with two attached hydrogens (primary N) is 1. The number of nitrogens with one attached hydrogen (secondary N) is 1. The van der Waals surface area contributed by atoms with Gasteiger partial charge in [0, 0.05) is 18.0 Å². The van der Waals surface area contributed by atoms with Gasteiger partial charge >= 0.3 is 0 Å². The van der Waals surface area contributed by atoms with Gasteiger partial charge in [0.1, 0.15) is 5.75 Å². The Balaban J connectivity index is 1.84. The minimum Gasteiger partial charge on any atom is -0.497 e. The highest BCUT2D eigenvalue weighted by Crippen LogP contribution is 2.42. The summed E-state index contributed by atoms with van der Waals surface area (Å²) in [6, 6.07) is 7.85. The van der Waals surface area contributed by atoms with Crippen LogP contribution in [0.4, 0.5) is 5.69 Å². The van der Waals surface area contributed by atoms with Gasteiger partial charge < -0.3 is 15.8 Å². The molecule has 22 heavy (non-hydrogen) atoms. The van der Waals surface area contributed by atoms with Crippen molar-refractivity contribution in [2.45, 2.75) is 25.2 Å². The molecule has 2 aromatic rings. The van der Waals surface area contributed by atoms with Crippen LogP contribution >= 0.6 is 0 Å². The minimum absolute atomic E-state index is 0.570. The van der Waals surface area contributed by atoms with E-state index in [1.165, 1.54) is 12.8 Å². The number of nitrogens with zero attached hydrogens (tertiary/aromatic N) is 2. The monoisotopic (exact) mass is 298 g/mol. The highest BCUT2D eigenvalue weighted by atomic mass is 16.5. The molecular weight excluding hydrogens is 276 g/mol. The van der Waals surface area contributed by atoms with Crippen LogP contribution in [0.3, 0.4) is 0 Å². The van der Waals surface area contributed by atoms with Crippen molar-refractivity contribution in [2.24, 2.45) is 5.73 Å². The Morgan fingerprint density at radius 3 is 2.68 bits per heavy atom. The van der Waals surface area contributed by atoms with E-state index >= 15 is 0 Å². The van der Waals surface area contributed by atoms with Gasteiger partial charge in [-0.05, 0) is 50.1 Å². The van der Waals surface area contributed by atoms with E-state index < -0.39 is 0 Å². The molecular formula is C17H22N4O. The van der Waals surface area contributed by atoms with E-state index in [2.05, 4.69) is 10.3 Å². The lowest BCUT2D eigenvalue weighted by molar-refractivity contribution is 0.415. The molecule has 0 amide bonds. The Hall–Kier alpha value is -2.14. The second kappa shape index (κ2) is 6.75. The summed E-state index contributed by atoms with van der Waals surface area (Å²) in [5, 5.41) is 3.41. The van der Waals surface area contributed by atoms with Gasteiger partial charge in [-0.2, -0.15) is 0 Å². The third kappa shape index (κ3) is 3.36. The van der Waals surface area contributed by atoms with E-state index in [4.69, 9.17) is 15.5 Å². The standard InChI is InChI=1S/C17H22N4O/c1-22-14-7-5-13(6-8-14)17-20-11-15(19-10-2-9-18)16(21-17)12-3-4-12/h5-8,11-12,19H,2-4,9-10,18H2,1H3. The first-order chi connectivity index (χ1) is 10.8. The molecule has 1 aromatic carbocycles. The zero-order chi connectivity index (χ0) is 15.4. The van der Waals surface area contributed by atoms with Gasteiger partial charge in [0.05, 0.1) is 24.7 Å². The van der Waals surface area contributed by atoms with E-state index in [1.54, 1.807) is 7.11 Å². The summed E-state index contributed by atoms with van der Waals surface area (Å²) in [5.41, 5.74) is 8.74. The largest absolute Gasteiger partial charge is 0.497 e. The molecule has 1 fully saturated rings. The number of hydrogen-bond donors (Lipinski definition) is 2. The van der Waals surface area contributed by atoms with Crippen LogP contribution in [0.25, 0.3) is 11.4 Å². The van der Waals surface area contributed by atoms with Gasteiger partial charge in [-0.3, -0.25) is 0 Å². The summed E-state index contributed by atoms with van der Waals surface area (Å²) in [6.07, 6.45) is 5.27. The summed E-state index contributed by atoms with van der Waals surface area (Å²) in [4.78, 5) is 9.30. The van der Waals surface area contributed by atoms with E-state index in [1.807, 2.05) is 30.5 Å². The first-order valence-electron chi connectivity index (χ1n) is 7.77. The Kier molecular flexibility index (Phi) is 4.53. The quantitative estimate of drug-likeness (QED) is 0.769. The average molecular weight is 298 g/mol. The van der Waals surface area contributed by atoms with Crippen molar-refractivity contribution in [2.75, 3.05) is 25.5 Å². The van der Waals surface area contributed by atoms with Crippen molar-refractivity contribution in [1.29, 1.82) is 0 Å². The number of rotatable bonds is 7. The van der Waals surface area contributed by atoms with Crippen LogP contribution in [0.5, 0.6) is 5.75 Å².